The van der Waals surface area contributed by atoms with Gasteiger partial charge in [0.05, 0.1) is 11.6 Å². The van der Waals surface area contributed by atoms with Gasteiger partial charge in [-0.25, -0.2) is 0 Å². The molecule has 6 heteroatoms. The standard InChI is InChI=1S/C19H22N4S.HI/c1-15(24-18-6-4-3-5-7-18)13-22-19(21-2)23-14-17-10-8-16(12-20)9-11-17;/h3-11,15H,13-14H2,1-2H3,(H2,21,22,23);1H. The molecule has 132 valence electrons. The first kappa shape index (κ1) is 21.3. The number of guanidine groups is 1. The summed E-state index contributed by atoms with van der Waals surface area (Å²) >= 11 is 1.84. The van der Waals surface area contributed by atoms with Crippen molar-refractivity contribution < 1.29 is 0 Å². The van der Waals surface area contributed by atoms with Crippen LogP contribution in [0.15, 0.2) is 64.5 Å². The topological polar surface area (TPSA) is 60.2 Å². The van der Waals surface area contributed by atoms with Gasteiger partial charge in [-0.3, -0.25) is 4.99 Å². The summed E-state index contributed by atoms with van der Waals surface area (Å²) in [7, 11) is 1.77. The summed E-state index contributed by atoms with van der Waals surface area (Å²) in [5, 5.41) is 15.9. The predicted molar refractivity (Wildman–Crippen MR) is 117 cm³/mol. The summed E-state index contributed by atoms with van der Waals surface area (Å²) in [6.45, 7) is 3.69. The third-order valence-electron chi connectivity index (χ3n) is 3.40. The quantitative estimate of drug-likeness (QED) is 0.292. The van der Waals surface area contributed by atoms with E-state index in [4.69, 9.17) is 5.26 Å². The van der Waals surface area contributed by atoms with E-state index in [1.165, 1.54) is 4.90 Å². The molecule has 2 aromatic carbocycles. The van der Waals surface area contributed by atoms with Gasteiger partial charge in [-0.15, -0.1) is 35.7 Å². The number of thioether (sulfide) groups is 1. The molecule has 1 unspecified atom stereocenters. The fraction of sp³-hybridized carbons (Fsp3) is 0.263. The number of nitrogens with zero attached hydrogens (tertiary/aromatic N) is 2. The van der Waals surface area contributed by atoms with Gasteiger partial charge in [0.1, 0.15) is 0 Å². The fourth-order valence-corrected chi connectivity index (χ4v) is 3.06. The SMILES string of the molecule is CN=C(NCc1ccc(C#N)cc1)NCC(C)Sc1ccccc1.I. The van der Waals surface area contributed by atoms with Crippen LogP contribution < -0.4 is 10.6 Å². The Kier molecular flexibility index (Phi) is 10.0. The van der Waals surface area contributed by atoms with Gasteiger partial charge >= 0.3 is 0 Å². The molecule has 0 amide bonds. The molecule has 0 aliphatic carbocycles. The summed E-state index contributed by atoms with van der Waals surface area (Å²) in [5.74, 6) is 0.778. The van der Waals surface area contributed by atoms with E-state index in [2.05, 4.69) is 52.9 Å². The zero-order chi connectivity index (χ0) is 17.2. The monoisotopic (exact) mass is 466 g/mol. The van der Waals surface area contributed by atoms with Gasteiger partial charge in [-0.1, -0.05) is 37.3 Å². The number of nitrogens with one attached hydrogen (secondary N) is 2. The van der Waals surface area contributed by atoms with Crippen LogP contribution in [0.2, 0.25) is 0 Å². The van der Waals surface area contributed by atoms with E-state index < -0.39 is 0 Å². The second kappa shape index (κ2) is 11.8. The zero-order valence-corrected chi connectivity index (χ0v) is 17.5. The van der Waals surface area contributed by atoms with Crippen molar-refractivity contribution >= 4 is 41.7 Å². The van der Waals surface area contributed by atoms with Crippen LogP contribution >= 0.6 is 35.7 Å². The van der Waals surface area contributed by atoms with Crippen molar-refractivity contribution in [2.45, 2.75) is 23.6 Å². The Morgan fingerprint density at radius 1 is 1.12 bits per heavy atom. The summed E-state index contributed by atoms with van der Waals surface area (Å²) in [6, 6.07) is 20.1. The number of rotatable bonds is 6. The van der Waals surface area contributed by atoms with Crippen LogP contribution in [-0.2, 0) is 6.54 Å². The molecule has 2 rings (SSSR count). The van der Waals surface area contributed by atoms with E-state index >= 15 is 0 Å². The molecule has 0 bridgehead atoms. The van der Waals surface area contributed by atoms with Crippen LogP contribution in [-0.4, -0.2) is 24.8 Å². The molecule has 0 aliphatic rings. The largest absolute Gasteiger partial charge is 0.355 e. The van der Waals surface area contributed by atoms with Gasteiger partial charge in [0.25, 0.3) is 0 Å². The Balaban J connectivity index is 0.00000312. The molecule has 2 aromatic rings. The van der Waals surface area contributed by atoms with E-state index in [1.807, 2.05) is 42.1 Å². The first-order chi connectivity index (χ1) is 11.7. The summed E-state index contributed by atoms with van der Waals surface area (Å²) in [5.41, 5.74) is 1.79. The van der Waals surface area contributed by atoms with Crippen molar-refractivity contribution in [2.75, 3.05) is 13.6 Å². The molecule has 0 radical (unpaired) electrons. The third-order valence-corrected chi connectivity index (χ3v) is 4.52. The van der Waals surface area contributed by atoms with Gasteiger partial charge in [-0.05, 0) is 29.8 Å². The minimum absolute atomic E-state index is 0. The molecule has 0 aromatic heterocycles. The summed E-state index contributed by atoms with van der Waals surface area (Å²) in [6.07, 6.45) is 0. The van der Waals surface area contributed by atoms with Gasteiger partial charge in [0, 0.05) is 30.3 Å². The second-order valence-corrected chi connectivity index (χ2v) is 6.87. The van der Waals surface area contributed by atoms with E-state index in [0.717, 1.165) is 18.1 Å². The molecule has 0 aliphatic heterocycles. The summed E-state index contributed by atoms with van der Waals surface area (Å²) in [4.78, 5) is 5.52. The third kappa shape index (κ3) is 7.80. The highest BCUT2D eigenvalue weighted by Gasteiger charge is 2.06. The van der Waals surface area contributed by atoms with E-state index in [-0.39, 0.29) is 24.0 Å². The van der Waals surface area contributed by atoms with Crippen molar-refractivity contribution in [2.24, 2.45) is 4.99 Å². The molecule has 25 heavy (non-hydrogen) atoms. The van der Waals surface area contributed by atoms with Crippen LogP contribution in [0.3, 0.4) is 0 Å². The average Bonchev–Trinajstić information content (AvgIpc) is 2.63. The number of hydrogen-bond donors (Lipinski definition) is 2. The van der Waals surface area contributed by atoms with Crippen molar-refractivity contribution in [3.8, 4) is 6.07 Å². The van der Waals surface area contributed by atoms with Crippen molar-refractivity contribution in [1.82, 2.24) is 10.6 Å². The van der Waals surface area contributed by atoms with Crippen LogP contribution in [0.4, 0.5) is 0 Å². The normalized spacial score (nSPS) is 11.8. The van der Waals surface area contributed by atoms with Crippen LogP contribution in [0.25, 0.3) is 0 Å². The fourth-order valence-electron chi connectivity index (χ4n) is 2.12. The minimum Gasteiger partial charge on any atom is -0.355 e. The highest BCUT2D eigenvalue weighted by molar-refractivity contribution is 14.0. The zero-order valence-electron chi connectivity index (χ0n) is 14.4. The van der Waals surface area contributed by atoms with Gasteiger partial charge < -0.3 is 10.6 Å². The lowest BCUT2D eigenvalue weighted by Gasteiger charge is -2.16. The van der Waals surface area contributed by atoms with E-state index in [0.29, 0.717) is 17.4 Å². The highest BCUT2D eigenvalue weighted by atomic mass is 127. The van der Waals surface area contributed by atoms with E-state index in [9.17, 15) is 0 Å². The maximum atomic E-state index is 8.82. The number of nitriles is 1. The smallest absolute Gasteiger partial charge is 0.191 e. The number of hydrogen-bond acceptors (Lipinski definition) is 3. The first-order valence-corrected chi connectivity index (χ1v) is 8.74. The molecule has 2 N–H and O–H groups in total. The lowest BCUT2D eigenvalue weighted by molar-refractivity contribution is 0.790. The van der Waals surface area contributed by atoms with Crippen molar-refractivity contribution in [3.05, 3.63) is 65.7 Å². The Hall–Kier alpha value is -1.72. The predicted octanol–water partition coefficient (Wildman–Crippen LogP) is 4.02. The maximum absolute atomic E-state index is 8.82. The van der Waals surface area contributed by atoms with Crippen molar-refractivity contribution in [1.29, 1.82) is 5.26 Å². The first-order valence-electron chi connectivity index (χ1n) is 7.86. The molecule has 1 atom stereocenters. The molecule has 0 saturated carbocycles. The van der Waals surface area contributed by atoms with Gasteiger partial charge in [0.2, 0.25) is 0 Å². The van der Waals surface area contributed by atoms with Crippen LogP contribution in [0.1, 0.15) is 18.1 Å². The summed E-state index contributed by atoms with van der Waals surface area (Å²) < 4.78 is 0. The van der Waals surface area contributed by atoms with Crippen LogP contribution in [0, 0.1) is 11.3 Å². The lowest BCUT2D eigenvalue weighted by Crippen LogP contribution is -2.39. The minimum atomic E-state index is 0. The Bertz CT molecular complexity index is 696. The molecular weight excluding hydrogens is 443 g/mol. The number of aliphatic imine (C=N–C) groups is 1. The molecule has 4 nitrogen and oxygen atoms in total. The van der Waals surface area contributed by atoms with Gasteiger partial charge in [0.15, 0.2) is 5.96 Å². The van der Waals surface area contributed by atoms with Crippen LogP contribution in [0.5, 0.6) is 0 Å². The van der Waals surface area contributed by atoms with Gasteiger partial charge in [-0.2, -0.15) is 5.26 Å². The molecule has 0 spiro atoms. The average molecular weight is 466 g/mol. The number of halogens is 1. The molecular formula is C19H23IN4S. The maximum Gasteiger partial charge on any atom is 0.191 e. The highest BCUT2D eigenvalue weighted by Crippen LogP contribution is 2.21. The Morgan fingerprint density at radius 3 is 2.40 bits per heavy atom. The molecule has 0 saturated heterocycles. The lowest BCUT2D eigenvalue weighted by atomic mass is 10.1. The van der Waals surface area contributed by atoms with E-state index in [1.54, 1.807) is 7.05 Å². The Morgan fingerprint density at radius 2 is 1.80 bits per heavy atom. The second-order valence-electron chi connectivity index (χ2n) is 5.36. The molecule has 0 heterocycles. The Labute approximate surface area is 171 Å². The number of benzene rings is 2. The van der Waals surface area contributed by atoms with Crippen molar-refractivity contribution in [3.63, 3.8) is 0 Å². The molecule has 0 fully saturated rings.